The van der Waals surface area contributed by atoms with Crippen LogP contribution in [0.3, 0.4) is 0 Å². The Kier molecular flexibility index (Phi) is 7.62. The third-order valence-corrected chi connectivity index (χ3v) is 3.99. The fourth-order valence-electron chi connectivity index (χ4n) is 2.09. The molecule has 3 N–H and O–H groups in total. The van der Waals surface area contributed by atoms with E-state index in [4.69, 9.17) is 10.5 Å². The first kappa shape index (κ1) is 17.0. The number of hydrogen-bond acceptors (Lipinski definition) is 3. The SMILES string of the molecule is CCC(CCN)CCC(=O)Nc1ccc(OC)c(Br)c1. The van der Waals surface area contributed by atoms with Gasteiger partial charge >= 0.3 is 0 Å². The highest BCUT2D eigenvalue weighted by molar-refractivity contribution is 9.10. The van der Waals surface area contributed by atoms with Crippen molar-refractivity contribution >= 4 is 27.5 Å². The van der Waals surface area contributed by atoms with Crippen LogP contribution in [-0.4, -0.2) is 19.6 Å². The Hall–Kier alpha value is -1.07. The van der Waals surface area contributed by atoms with Crippen molar-refractivity contribution in [2.45, 2.75) is 32.6 Å². The maximum Gasteiger partial charge on any atom is 0.224 e. The summed E-state index contributed by atoms with van der Waals surface area (Å²) in [6, 6.07) is 5.50. The van der Waals surface area contributed by atoms with Gasteiger partial charge in [0, 0.05) is 12.1 Å². The summed E-state index contributed by atoms with van der Waals surface area (Å²) in [6.45, 7) is 2.82. The van der Waals surface area contributed by atoms with Gasteiger partial charge in [-0.3, -0.25) is 4.79 Å². The minimum atomic E-state index is 0.0394. The molecule has 0 bridgehead atoms. The Balaban J connectivity index is 2.48. The lowest BCUT2D eigenvalue weighted by Gasteiger charge is -2.13. The van der Waals surface area contributed by atoms with Crippen LogP contribution in [0.25, 0.3) is 0 Å². The molecule has 1 amide bonds. The molecule has 0 aliphatic carbocycles. The van der Waals surface area contributed by atoms with Gasteiger partial charge in [0.05, 0.1) is 11.6 Å². The second kappa shape index (κ2) is 8.97. The zero-order valence-corrected chi connectivity index (χ0v) is 13.7. The number of amides is 1. The second-order valence-corrected chi connectivity index (χ2v) is 5.64. The lowest BCUT2D eigenvalue weighted by molar-refractivity contribution is -0.116. The van der Waals surface area contributed by atoms with Crippen LogP contribution >= 0.6 is 15.9 Å². The summed E-state index contributed by atoms with van der Waals surface area (Å²) in [5.74, 6) is 1.32. The maximum atomic E-state index is 11.9. The minimum absolute atomic E-state index is 0.0394. The molecule has 20 heavy (non-hydrogen) atoms. The lowest BCUT2D eigenvalue weighted by atomic mass is 9.96. The Bertz CT molecular complexity index is 438. The van der Waals surface area contributed by atoms with Gasteiger partial charge in [-0.15, -0.1) is 0 Å². The largest absolute Gasteiger partial charge is 0.496 e. The standard InChI is InChI=1S/C15H23BrN2O2/c1-3-11(8-9-17)4-7-15(19)18-12-5-6-14(20-2)13(16)10-12/h5-6,10-11H,3-4,7-9,17H2,1-2H3,(H,18,19). The van der Waals surface area contributed by atoms with Gasteiger partial charge in [-0.2, -0.15) is 0 Å². The molecular weight excluding hydrogens is 320 g/mol. The molecule has 0 spiro atoms. The topological polar surface area (TPSA) is 64.4 Å². The highest BCUT2D eigenvalue weighted by Gasteiger charge is 2.10. The summed E-state index contributed by atoms with van der Waals surface area (Å²) in [7, 11) is 1.61. The molecule has 112 valence electrons. The van der Waals surface area contributed by atoms with E-state index in [9.17, 15) is 4.79 Å². The number of rotatable bonds is 8. The van der Waals surface area contributed by atoms with Crippen LogP contribution in [0.4, 0.5) is 5.69 Å². The molecule has 0 heterocycles. The van der Waals surface area contributed by atoms with Crippen LogP contribution in [0, 0.1) is 5.92 Å². The average Bonchev–Trinajstić information content (AvgIpc) is 2.43. The van der Waals surface area contributed by atoms with Crippen LogP contribution in [0.5, 0.6) is 5.75 Å². The number of hydrogen-bond donors (Lipinski definition) is 2. The number of halogens is 1. The van der Waals surface area contributed by atoms with Gasteiger partial charge in [-0.05, 0) is 59.4 Å². The first-order chi connectivity index (χ1) is 9.60. The predicted molar refractivity (Wildman–Crippen MR) is 86.0 cm³/mol. The van der Waals surface area contributed by atoms with Crippen molar-refractivity contribution < 1.29 is 9.53 Å². The number of benzene rings is 1. The van der Waals surface area contributed by atoms with Crippen molar-refractivity contribution in [2.75, 3.05) is 19.0 Å². The molecule has 0 aliphatic rings. The third kappa shape index (κ3) is 5.51. The molecule has 0 radical (unpaired) electrons. The Morgan fingerprint density at radius 1 is 1.45 bits per heavy atom. The molecule has 0 fully saturated rings. The van der Waals surface area contributed by atoms with Crippen molar-refractivity contribution in [3.63, 3.8) is 0 Å². The van der Waals surface area contributed by atoms with E-state index >= 15 is 0 Å². The smallest absolute Gasteiger partial charge is 0.224 e. The molecular formula is C15H23BrN2O2. The lowest BCUT2D eigenvalue weighted by Crippen LogP contribution is -2.15. The quantitative estimate of drug-likeness (QED) is 0.759. The maximum absolute atomic E-state index is 11.9. The van der Waals surface area contributed by atoms with E-state index in [-0.39, 0.29) is 5.91 Å². The molecule has 0 saturated carbocycles. The van der Waals surface area contributed by atoms with Gasteiger partial charge in [0.2, 0.25) is 5.91 Å². The predicted octanol–water partition coefficient (Wildman–Crippen LogP) is 3.55. The number of anilines is 1. The van der Waals surface area contributed by atoms with E-state index in [0.717, 1.165) is 35.2 Å². The molecule has 0 saturated heterocycles. The molecule has 1 rings (SSSR count). The van der Waals surface area contributed by atoms with Crippen LogP contribution in [-0.2, 0) is 4.79 Å². The normalized spacial score (nSPS) is 12.0. The first-order valence-corrected chi connectivity index (χ1v) is 7.73. The highest BCUT2D eigenvalue weighted by atomic mass is 79.9. The van der Waals surface area contributed by atoms with Crippen molar-refractivity contribution in [2.24, 2.45) is 11.7 Å². The van der Waals surface area contributed by atoms with E-state index in [1.165, 1.54) is 0 Å². The Morgan fingerprint density at radius 3 is 2.75 bits per heavy atom. The third-order valence-electron chi connectivity index (χ3n) is 3.37. The number of carbonyl (C=O) groups excluding carboxylic acids is 1. The highest BCUT2D eigenvalue weighted by Crippen LogP contribution is 2.27. The number of nitrogens with two attached hydrogens (primary N) is 1. The molecule has 0 aliphatic heterocycles. The van der Waals surface area contributed by atoms with Crippen LogP contribution in [0.2, 0.25) is 0 Å². The van der Waals surface area contributed by atoms with Gasteiger partial charge < -0.3 is 15.8 Å². The molecule has 1 aromatic rings. The molecule has 0 aromatic heterocycles. The second-order valence-electron chi connectivity index (χ2n) is 4.79. The van der Waals surface area contributed by atoms with Crippen molar-refractivity contribution in [1.82, 2.24) is 0 Å². The molecule has 4 nitrogen and oxygen atoms in total. The van der Waals surface area contributed by atoms with Crippen molar-refractivity contribution in [3.05, 3.63) is 22.7 Å². The minimum Gasteiger partial charge on any atom is -0.496 e. The fraction of sp³-hybridized carbons (Fsp3) is 0.533. The summed E-state index contributed by atoms with van der Waals surface area (Å²) < 4.78 is 5.98. The fourth-order valence-corrected chi connectivity index (χ4v) is 2.63. The monoisotopic (exact) mass is 342 g/mol. The summed E-state index contributed by atoms with van der Waals surface area (Å²) in [5, 5.41) is 2.90. The zero-order valence-electron chi connectivity index (χ0n) is 12.1. The molecule has 1 atom stereocenters. The summed E-state index contributed by atoms with van der Waals surface area (Å²) in [4.78, 5) is 11.9. The van der Waals surface area contributed by atoms with E-state index in [0.29, 0.717) is 18.9 Å². The Morgan fingerprint density at radius 2 is 2.20 bits per heavy atom. The van der Waals surface area contributed by atoms with Gasteiger partial charge in [-0.1, -0.05) is 13.3 Å². The number of carbonyl (C=O) groups is 1. The molecule has 1 unspecified atom stereocenters. The van der Waals surface area contributed by atoms with Gasteiger partial charge in [0.1, 0.15) is 5.75 Å². The zero-order chi connectivity index (χ0) is 15.0. The van der Waals surface area contributed by atoms with E-state index in [1.54, 1.807) is 7.11 Å². The summed E-state index contributed by atoms with van der Waals surface area (Å²) in [5.41, 5.74) is 6.33. The van der Waals surface area contributed by atoms with E-state index in [1.807, 2.05) is 18.2 Å². The van der Waals surface area contributed by atoms with E-state index < -0.39 is 0 Å². The summed E-state index contributed by atoms with van der Waals surface area (Å²) in [6.07, 6.45) is 3.47. The van der Waals surface area contributed by atoms with Gasteiger partial charge in [0.15, 0.2) is 0 Å². The first-order valence-electron chi connectivity index (χ1n) is 6.94. The number of ether oxygens (including phenoxy) is 1. The summed E-state index contributed by atoms with van der Waals surface area (Å²) >= 11 is 3.40. The van der Waals surface area contributed by atoms with Gasteiger partial charge in [-0.25, -0.2) is 0 Å². The van der Waals surface area contributed by atoms with E-state index in [2.05, 4.69) is 28.2 Å². The van der Waals surface area contributed by atoms with Crippen molar-refractivity contribution in [1.29, 1.82) is 0 Å². The molecule has 5 heteroatoms. The number of methoxy groups -OCH3 is 1. The van der Waals surface area contributed by atoms with Gasteiger partial charge in [0.25, 0.3) is 0 Å². The average molecular weight is 343 g/mol. The van der Waals surface area contributed by atoms with Crippen LogP contribution < -0.4 is 15.8 Å². The molecule has 1 aromatic carbocycles. The number of nitrogens with one attached hydrogen (secondary N) is 1. The van der Waals surface area contributed by atoms with Crippen LogP contribution in [0.15, 0.2) is 22.7 Å². The van der Waals surface area contributed by atoms with Crippen molar-refractivity contribution in [3.8, 4) is 5.75 Å². The van der Waals surface area contributed by atoms with Crippen LogP contribution in [0.1, 0.15) is 32.6 Å². The Labute approximate surface area is 129 Å².